The van der Waals surface area contributed by atoms with Crippen molar-refractivity contribution in [2.45, 2.75) is 31.7 Å². The Labute approximate surface area is 154 Å². The van der Waals surface area contributed by atoms with Crippen molar-refractivity contribution < 1.29 is 9.63 Å². The number of rotatable bonds is 5. The second-order valence-electron chi connectivity index (χ2n) is 7.36. The number of aliphatic hydroxyl groups excluding tert-OH is 1. The number of hydrogen-bond acceptors (Lipinski definition) is 7. The van der Waals surface area contributed by atoms with Crippen LogP contribution in [0.1, 0.15) is 31.6 Å². The summed E-state index contributed by atoms with van der Waals surface area (Å²) < 4.78 is 5.58. The normalized spacial score (nSPS) is 25.8. The Kier molecular flexibility index (Phi) is 5.28. The molecule has 2 atom stereocenters. The van der Waals surface area contributed by atoms with Gasteiger partial charge in [0.25, 0.3) is 0 Å². The van der Waals surface area contributed by atoms with E-state index in [1.165, 1.54) is 25.9 Å². The molecule has 2 aliphatic heterocycles. The van der Waals surface area contributed by atoms with E-state index in [2.05, 4.69) is 31.8 Å². The smallest absolute Gasteiger partial charge is 0.231 e. The highest BCUT2D eigenvalue weighted by molar-refractivity contribution is 5.52. The SMILES string of the molecule is CCN1CCC(N2CC(CO)C(c3nc(-c4ccncc4)no3)C2)CC1. The van der Waals surface area contributed by atoms with Gasteiger partial charge >= 0.3 is 0 Å². The maximum Gasteiger partial charge on any atom is 0.231 e. The highest BCUT2D eigenvalue weighted by atomic mass is 16.5. The van der Waals surface area contributed by atoms with Crippen LogP contribution in [0.3, 0.4) is 0 Å². The first kappa shape index (κ1) is 17.6. The van der Waals surface area contributed by atoms with E-state index in [-0.39, 0.29) is 18.4 Å². The lowest BCUT2D eigenvalue weighted by molar-refractivity contribution is 0.122. The Morgan fingerprint density at radius 1 is 1.19 bits per heavy atom. The largest absolute Gasteiger partial charge is 0.396 e. The average molecular weight is 357 g/mol. The topological polar surface area (TPSA) is 78.5 Å². The van der Waals surface area contributed by atoms with Crippen LogP contribution >= 0.6 is 0 Å². The number of likely N-dealkylation sites (tertiary alicyclic amines) is 2. The van der Waals surface area contributed by atoms with Crippen LogP contribution in [0.25, 0.3) is 11.4 Å². The molecule has 140 valence electrons. The third-order valence-electron chi connectivity index (χ3n) is 5.92. The number of nitrogens with zero attached hydrogens (tertiary/aromatic N) is 5. The van der Waals surface area contributed by atoms with Crippen molar-refractivity contribution in [3.05, 3.63) is 30.4 Å². The molecule has 0 radical (unpaired) electrons. The predicted molar refractivity (Wildman–Crippen MR) is 97.6 cm³/mol. The van der Waals surface area contributed by atoms with Gasteiger partial charge in [-0.2, -0.15) is 4.98 Å². The molecular weight excluding hydrogens is 330 g/mol. The zero-order chi connectivity index (χ0) is 17.9. The van der Waals surface area contributed by atoms with Crippen LogP contribution in [-0.4, -0.2) is 75.4 Å². The van der Waals surface area contributed by atoms with Crippen molar-refractivity contribution in [3.63, 3.8) is 0 Å². The van der Waals surface area contributed by atoms with Crippen molar-refractivity contribution >= 4 is 0 Å². The van der Waals surface area contributed by atoms with E-state index in [9.17, 15) is 5.11 Å². The molecule has 2 fully saturated rings. The van der Waals surface area contributed by atoms with E-state index >= 15 is 0 Å². The number of aromatic nitrogens is 3. The van der Waals surface area contributed by atoms with Crippen molar-refractivity contribution in [1.29, 1.82) is 0 Å². The van der Waals surface area contributed by atoms with E-state index in [0.29, 0.717) is 17.8 Å². The van der Waals surface area contributed by atoms with E-state index in [0.717, 1.165) is 25.2 Å². The molecule has 0 spiro atoms. The van der Waals surface area contributed by atoms with Gasteiger partial charge in [0.15, 0.2) is 0 Å². The molecule has 1 N–H and O–H groups in total. The van der Waals surface area contributed by atoms with Gasteiger partial charge in [-0.3, -0.25) is 9.88 Å². The van der Waals surface area contributed by atoms with Gasteiger partial charge in [0.1, 0.15) is 0 Å². The monoisotopic (exact) mass is 357 g/mol. The minimum atomic E-state index is 0.104. The van der Waals surface area contributed by atoms with Gasteiger partial charge in [0.05, 0.1) is 5.92 Å². The van der Waals surface area contributed by atoms with Crippen molar-refractivity contribution in [2.24, 2.45) is 5.92 Å². The molecule has 7 heteroatoms. The van der Waals surface area contributed by atoms with Gasteiger partial charge in [-0.1, -0.05) is 12.1 Å². The summed E-state index contributed by atoms with van der Waals surface area (Å²) in [6.07, 6.45) is 5.85. The predicted octanol–water partition coefficient (Wildman–Crippen LogP) is 1.62. The first-order valence-corrected chi connectivity index (χ1v) is 9.59. The standard InChI is InChI=1S/C19H27N5O2/c1-2-23-9-5-16(6-10-23)24-11-15(13-25)17(12-24)19-21-18(22-26-19)14-3-7-20-8-4-14/h3-4,7-8,15-17,25H,2,5-6,9-13H2,1H3. The summed E-state index contributed by atoms with van der Waals surface area (Å²) >= 11 is 0. The number of piperidine rings is 1. The van der Waals surface area contributed by atoms with Crippen LogP contribution in [0, 0.1) is 5.92 Å². The molecule has 2 unspecified atom stereocenters. The molecule has 26 heavy (non-hydrogen) atoms. The fraction of sp³-hybridized carbons (Fsp3) is 0.632. The van der Waals surface area contributed by atoms with Crippen molar-refractivity contribution in [2.75, 3.05) is 39.3 Å². The third kappa shape index (κ3) is 3.51. The van der Waals surface area contributed by atoms with Gasteiger partial charge in [0.2, 0.25) is 11.7 Å². The molecule has 0 aliphatic carbocycles. The van der Waals surface area contributed by atoms with E-state index < -0.39 is 0 Å². The fourth-order valence-electron chi connectivity index (χ4n) is 4.27. The Morgan fingerprint density at radius 3 is 2.65 bits per heavy atom. The third-order valence-corrected chi connectivity index (χ3v) is 5.92. The maximum atomic E-state index is 9.88. The summed E-state index contributed by atoms with van der Waals surface area (Å²) in [5.74, 6) is 1.50. The minimum Gasteiger partial charge on any atom is -0.396 e. The molecular formula is C19H27N5O2. The second-order valence-corrected chi connectivity index (χ2v) is 7.36. The van der Waals surface area contributed by atoms with Gasteiger partial charge in [-0.05, 0) is 44.6 Å². The number of hydrogen-bond donors (Lipinski definition) is 1. The molecule has 0 bridgehead atoms. The zero-order valence-electron chi connectivity index (χ0n) is 15.3. The van der Waals surface area contributed by atoms with Gasteiger partial charge in [-0.25, -0.2) is 0 Å². The van der Waals surface area contributed by atoms with Gasteiger partial charge in [0, 0.05) is 49.6 Å². The zero-order valence-corrected chi connectivity index (χ0v) is 15.3. The molecule has 0 saturated carbocycles. The Balaban J connectivity index is 1.46. The molecule has 0 amide bonds. The summed E-state index contributed by atoms with van der Waals surface area (Å²) in [5, 5.41) is 14.0. The molecule has 2 aromatic heterocycles. The number of pyridine rings is 1. The fourth-order valence-corrected chi connectivity index (χ4v) is 4.27. The molecule has 2 saturated heterocycles. The minimum absolute atomic E-state index is 0.104. The highest BCUT2D eigenvalue weighted by Crippen LogP contribution is 2.35. The highest BCUT2D eigenvalue weighted by Gasteiger charge is 2.40. The Bertz CT molecular complexity index is 699. The van der Waals surface area contributed by atoms with Crippen molar-refractivity contribution in [3.8, 4) is 11.4 Å². The first-order chi connectivity index (χ1) is 12.8. The van der Waals surface area contributed by atoms with Gasteiger partial charge < -0.3 is 14.5 Å². The van der Waals surface area contributed by atoms with Gasteiger partial charge in [-0.15, -0.1) is 0 Å². The lowest BCUT2D eigenvalue weighted by Crippen LogP contribution is -2.44. The Hall–Kier alpha value is -1.83. The van der Waals surface area contributed by atoms with E-state index in [4.69, 9.17) is 4.52 Å². The molecule has 2 aromatic rings. The molecule has 2 aliphatic rings. The van der Waals surface area contributed by atoms with Crippen LogP contribution < -0.4 is 0 Å². The van der Waals surface area contributed by atoms with Crippen molar-refractivity contribution in [1.82, 2.24) is 24.9 Å². The summed E-state index contributed by atoms with van der Waals surface area (Å²) in [4.78, 5) is 13.7. The van der Waals surface area contributed by atoms with Crippen LogP contribution in [-0.2, 0) is 0 Å². The van der Waals surface area contributed by atoms with E-state index in [1.54, 1.807) is 12.4 Å². The molecule has 7 nitrogen and oxygen atoms in total. The van der Waals surface area contributed by atoms with Crippen LogP contribution in [0.5, 0.6) is 0 Å². The van der Waals surface area contributed by atoms with Crippen LogP contribution in [0.15, 0.2) is 29.0 Å². The van der Waals surface area contributed by atoms with E-state index in [1.807, 2.05) is 12.1 Å². The quantitative estimate of drug-likeness (QED) is 0.871. The molecule has 4 rings (SSSR count). The summed E-state index contributed by atoms with van der Waals surface area (Å²) in [5.41, 5.74) is 0.900. The first-order valence-electron chi connectivity index (χ1n) is 9.59. The summed E-state index contributed by atoms with van der Waals surface area (Å²) in [7, 11) is 0. The van der Waals surface area contributed by atoms with Crippen LogP contribution in [0.2, 0.25) is 0 Å². The summed E-state index contributed by atoms with van der Waals surface area (Å²) in [6.45, 7) is 7.64. The Morgan fingerprint density at radius 2 is 1.96 bits per heavy atom. The lowest BCUT2D eigenvalue weighted by atomic mass is 9.97. The molecule has 4 heterocycles. The lowest BCUT2D eigenvalue weighted by Gasteiger charge is -2.36. The maximum absolute atomic E-state index is 9.88. The molecule has 0 aromatic carbocycles. The number of aliphatic hydroxyl groups is 1. The average Bonchev–Trinajstić information content (AvgIpc) is 3.35. The second kappa shape index (κ2) is 7.82. The summed E-state index contributed by atoms with van der Waals surface area (Å²) in [6, 6.07) is 4.35. The van der Waals surface area contributed by atoms with Crippen LogP contribution in [0.4, 0.5) is 0 Å².